The van der Waals surface area contributed by atoms with Gasteiger partial charge in [-0.05, 0) is 137 Å². The molecule has 0 saturated heterocycles. The van der Waals surface area contributed by atoms with Crippen molar-refractivity contribution in [1.29, 1.82) is 0 Å². The molecule has 0 aliphatic rings. The summed E-state index contributed by atoms with van der Waals surface area (Å²) in [6.45, 7) is 0. The van der Waals surface area contributed by atoms with E-state index in [0.717, 1.165) is 138 Å². The quantitative estimate of drug-likeness (QED) is 0.134. The molecule has 0 unspecified atom stereocenters. The van der Waals surface area contributed by atoms with Crippen LogP contribution in [-0.4, -0.2) is 43.6 Å². The van der Waals surface area contributed by atoms with Crippen molar-refractivity contribution in [3.05, 3.63) is 443 Å². The molecule has 0 bridgehead atoms. The average molecular weight is 1720 g/mol. The standard InChI is InChI=1S/C44H27N3S.C38H23N3O.C38H23N3S/c1-2-10-28(11-3-1)29-18-20-30(21-19-29)42-35-13-4-7-15-37(35)45-44(46-42)31-22-24-32(25-23-31)47-38-16-8-5-14-36(38)41-39(47)27-26-34-33-12-6-9-17-40(33)48-43(34)41;2*1-2-10-24(11-3-1)25-18-20-26(21-19-25)36-29-13-4-7-15-31(29)39-38(40-36)41-32-16-8-5-14-30(32)35-33(41)23-22-28-27-12-6-9-17-34(27)42-37(28)35/h1-27H;2*1-23H. The van der Waals surface area contributed by atoms with Gasteiger partial charge in [0.05, 0.1) is 72.1 Å². The number of fused-ring (bicyclic) bond motifs is 24. The summed E-state index contributed by atoms with van der Waals surface area (Å²) in [5.74, 6) is 2.04. The van der Waals surface area contributed by atoms with Crippen molar-refractivity contribution in [1.82, 2.24) is 43.6 Å². The maximum atomic E-state index is 6.48. The number of benzene rings is 19. The fourth-order valence-electron chi connectivity index (χ4n) is 19.7. The van der Waals surface area contributed by atoms with Gasteiger partial charge >= 0.3 is 0 Å². The van der Waals surface area contributed by atoms with Gasteiger partial charge in [0, 0.05) is 122 Å². The molecule has 28 rings (SSSR count). The Hall–Kier alpha value is -17.2. The van der Waals surface area contributed by atoms with Crippen molar-refractivity contribution in [2.75, 3.05) is 0 Å². The van der Waals surface area contributed by atoms with E-state index < -0.39 is 0 Å². The fraction of sp³-hybridized carbons (Fsp3) is 0. The van der Waals surface area contributed by atoms with E-state index in [4.69, 9.17) is 34.3 Å². The molecule has 28 aromatic rings. The highest BCUT2D eigenvalue weighted by Gasteiger charge is 2.26. The van der Waals surface area contributed by atoms with E-state index in [1.807, 2.05) is 77.3 Å². The van der Waals surface area contributed by atoms with Crippen LogP contribution < -0.4 is 0 Å². The van der Waals surface area contributed by atoms with E-state index in [9.17, 15) is 0 Å². The van der Waals surface area contributed by atoms with Gasteiger partial charge < -0.3 is 8.98 Å². The zero-order valence-electron chi connectivity index (χ0n) is 70.9. The molecule has 0 fully saturated rings. The minimum atomic E-state index is 0.637. The van der Waals surface area contributed by atoms with Crippen LogP contribution in [0.3, 0.4) is 0 Å². The van der Waals surface area contributed by atoms with Crippen molar-refractivity contribution in [3.8, 4) is 96.1 Å². The van der Waals surface area contributed by atoms with Crippen LogP contribution in [0.25, 0.3) is 257 Å². The molecule has 9 heterocycles. The first-order chi connectivity index (χ1) is 65.5. The largest absolute Gasteiger partial charge is 0.455 e. The Morgan fingerprint density at radius 3 is 0.962 bits per heavy atom. The molecule has 0 spiro atoms. The van der Waals surface area contributed by atoms with E-state index >= 15 is 0 Å². The molecule has 19 aromatic carbocycles. The van der Waals surface area contributed by atoms with Crippen LogP contribution in [0.4, 0.5) is 0 Å². The number of nitrogens with zero attached hydrogens (tertiary/aromatic N) is 9. The van der Waals surface area contributed by atoms with Gasteiger partial charge in [-0.1, -0.05) is 340 Å². The Balaban J connectivity index is 0.000000104. The molecule has 0 N–H and O–H groups in total. The van der Waals surface area contributed by atoms with Crippen LogP contribution in [0.2, 0.25) is 0 Å². The van der Waals surface area contributed by atoms with Gasteiger partial charge in [-0.15, -0.1) is 22.7 Å². The Kier molecular flexibility index (Phi) is 18.1. The van der Waals surface area contributed by atoms with Crippen LogP contribution in [0.15, 0.2) is 447 Å². The summed E-state index contributed by atoms with van der Waals surface area (Å²) in [5, 5.41) is 17.8. The Labute approximate surface area is 764 Å². The predicted octanol–water partition coefficient (Wildman–Crippen LogP) is 32.5. The molecule has 0 saturated carbocycles. The second-order valence-corrected chi connectivity index (χ2v) is 35.5. The fourth-order valence-corrected chi connectivity index (χ4v) is 22.2. The van der Waals surface area contributed by atoms with Gasteiger partial charge in [0.15, 0.2) is 5.82 Å². The van der Waals surface area contributed by atoms with E-state index in [0.29, 0.717) is 11.9 Å². The lowest BCUT2D eigenvalue weighted by atomic mass is 10.0. The maximum absolute atomic E-state index is 6.48. The Morgan fingerprint density at radius 2 is 0.508 bits per heavy atom. The monoisotopic (exact) mass is 1720 g/mol. The summed E-state index contributed by atoms with van der Waals surface area (Å²) in [6.07, 6.45) is 0. The molecule has 0 amide bonds. The van der Waals surface area contributed by atoms with Gasteiger partial charge in [-0.2, -0.15) is 0 Å². The SMILES string of the molecule is c1ccc(-c2ccc(-c3nc(-c4ccc(-n5c6ccccc6c6c7sc8ccccc8c7ccc65)cc4)nc4ccccc34)cc2)cc1.c1ccc(-c2ccc(-c3nc(-n4c5ccccc5c5c6oc7ccccc7c6ccc54)nc4ccccc34)cc2)cc1.c1ccc(-c2ccc(-c3nc(-n4c5ccccc5c5c6sc7ccccc7c6ccc54)nc4ccccc34)cc2)cc1. The number of furan rings is 1. The van der Waals surface area contributed by atoms with E-state index in [1.54, 1.807) is 0 Å². The molecule has 132 heavy (non-hydrogen) atoms. The molecule has 10 nitrogen and oxygen atoms in total. The lowest BCUT2D eigenvalue weighted by molar-refractivity contribution is 0.673. The minimum Gasteiger partial charge on any atom is -0.455 e. The van der Waals surface area contributed by atoms with Crippen molar-refractivity contribution in [3.63, 3.8) is 0 Å². The molecule has 0 radical (unpaired) electrons. The first-order valence-corrected chi connectivity index (χ1v) is 46.0. The number of rotatable bonds is 10. The lowest BCUT2D eigenvalue weighted by Gasteiger charge is -2.12. The third-order valence-corrected chi connectivity index (χ3v) is 28.3. The molecule has 0 aliphatic heterocycles. The van der Waals surface area contributed by atoms with Gasteiger partial charge in [0.25, 0.3) is 0 Å². The van der Waals surface area contributed by atoms with Gasteiger partial charge in [-0.3, -0.25) is 9.13 Å². The summed E-state index contributed by atoms with van der Waals surface area (Å²) in [7, 11) is 0. The number of aromatic nitrogens is 9. The predicted molar refractivity (Wildman–Crippen MR) is 553 cm³/mol. The average Bonchev–Trinajstić information content (AvgIpc) is 1.56. The number of thiophene rings is 2. The molecule has 0 aliphatic carbocycles. The van der Waals surface area contributed by atoms with Crippen molar-refractivity contribution in [2.45, 2.75) is 0 Å². The maximum Gasteiger partial charge on any atom is 0.235 e. The first kappa shape index (κ1) is 76.1. The topological polar surface area (TPSA) is 105 Å². The molecule has 9 aromatic heterocycles. The number of para-hydroxylation sites is 7. The third kappa shape index (κ3) is 12.7. The smallest absolute Gasteiger partial charge is 0.235 e. The zero-order chi connectivity index (χ0) is 86.9. The van der Waals surface area contributed by atoms with Crippen molar-refractivity contribution in [2.24, 2.45) is 0 Å². The molecular weight excluding hydrogens is 1650 g/mol. The summed E-state index contributed by atoms with van der Waals surface area (Å²) >= 11 is 3.75. The highest BCUT2D eigenvalue weighted by atomic mass is 32.1. The van der Waals surface area contributed by atoms with E-state index in [2.05, 4.69) is 402 Å². The van der Waals surface area contributed by atoms with Crippen LogP contribution in [0.5, 0.6) is 0 Å². The zero-order valence-corrected chi connectivity index (χ0v) is 72.5. The summed E-state index contributed by atoms with van der Waals surface area (Å²) in [5.41, 5.74) is 26.5. The summed E-state index contributed by atoms with van der Waals surface area (Å²) in [6, 6.07) is 156. The second kappa shape index (κ2) is 31.4. The van der Waals surface area contributed by atoms with Crippen LogP contribution in [0.1, 0.15) is 0 Å². The van der Waals surface area contributed by atoms with Crippen LogP contribution >= 0.6 is 22.7 Å². The van der Waals surface area contributed by atoms with Crippen LogP contribution in [-0.2, 0) is 0 Å². The van der Waals surface area contributed by atoms with Gasteiger partial charge in [0.1, 0.15) is 11.2 Å². The van der Waals surface area contributed by atoms with Crippen molar-refractivity contribution >= 4 is 183 Å². The minimum absolute atomic E-state index is 0.637. The van der Waals surface area contributed by atoms with Gasteiger partial charge in [0.2, 0.25) is 11.9 Å². The summed E-state index contributed by atoms with van der Waals surface area (Å²) in [4.78, 5) is 31.0. The number of hydrogen-bond acceptors (Lipinski definition) is 9. The first-order valence-electron chi connectivity index (χ1n) is 44.4. The van der Waals surface area contributed by atoms with Crippen molar-refractivity contribution < 1.29 is 4.42 Å². The summed E-state index contributed by atoms with van der Waals surface area (Å²) < 4.78 is 18.6. The molecule has 12 heteroatoms. The van der Waals surface area contributed by atoms with E-state index in [1.165, 1.54) is 106 Å². The molecule has 0 atom stereocenters. The Bertz CT molecular complexity index is 9100. The normalized spacial score (nSPS) is 11.8. The highest BCUT2D eigenvalue weighted by Crippen LogP contribution is 2.48. The van der Waals surface area contributed by atoms with Gasteiger partial charge in [-0.25, -0.2) is 29.9 Å². The second-order valence-electron chi connectivity index (χ2n) is 33.4. The Morgan fingerprint density at radius 1 is 0.189 bits per heavy atom. The highest BCUT2D eigenvalue weighted by molar-refractivity contribution is 7.27. The number of hydrogen-bond donors (Lipinski definition) is 0. The lowest BCUT2D eigenvalue weighted by Crippen LogP contribution is -2.03. The van der Waals surface area contributed by atoms with E-state index in [-0.39, 0.29) is 0 Å². The molecular formula is C120H73N9OS2. The molecule has 616 valence electrons. The third-order valence-electron chi connectivity index (χ3n) is 25.9. The van der Waals surface area contributed by atoms with Crippen LogP contribution in [0, 0.1) is 0 Å².